The van der Waals surface area contributed by atoms with Gasteiger partial charge in [0.05, 0.1) is 7.11 Å². The molecule has 3 rings (SSSR count). The van der Waals surface area contributed by atoms with E-state index in [1.807, 2.05) is 55.6 Å². The second kappa shape index (κ2) is 16.4. The molecule has 3 aromatic rings. The number of amides is 1. The van der Waals surface area contributed by atoms with Crippen molar-refractivity contribution in [2.45, 2.75) is 52.6 Å². The van der Waals surface area contributed by atoms with Crippen molar-refractivity contribution in [2.75, 3.05) is 32.2 Å². The van der Waals surface area contributed by atoms with E-state index < -0.39 is 23.6 Å². The first-order valence-corrected chi connectivity index (χ1v) is 15.7. The minimum absolute atomic E-state index is 0.332. The molecular formula is C34H42F2N2O3S. The van der Waals surface area contributed by atoms with Crippen molar-refractivity contribution in [1.82, 2.24) is 10.2 Å². The van der Waals surface area contributed by atoms with Crippen LogP contribution in [0.4, 0.5) is 8.78 Å². The van der Waals surface area contributed by atoms with Gasteiger partial charge in [0.15, 0.2) is 0 Å². The summed E-state index contributed by atoms with van der Waals surface area (Å²) in [7, 11) is 1.32. The summed E-state index contributed by atoms with van der Waals surface area (Å²) in [6.45, 7) is 8.42. The zero-order chi connectivity index (χ0) is 30.6. The summed E-state index contributed by atoms with van der Waals surface area (Å²) in [5.74, 6) is -0.734. The molecule has 0 aliphatic heterocycles. The summed E-state index contributed by atoms with van der Waals surface area (Å²) >= 11 is 1.60. The van der Waals surface area contributed by atoms with Crippen LogP contribution in [0.15, 0.2) is 60.7 Å². The lowest BCUT2D eigenvalue weighted by Gasteiger charge is -2.24. The summed E-state index contributed by atoms with van der Waals surface area (Å²) in [5, 5.41) is 2.89. The average Bonchev–Trinajstić information content (AvgIpc) is 2.95. The SMILES string of the molecule is COC(=O)C(CCSC)NC(=O)c1ccc(CN(CCc2cc(F)cc(F)c2)CCC(C)C)cc1-c1ccccc1C. The standard InChI is InChI=1S/C34H42F2N2O3S/c1-23(2)12-15-38(16-13-25-18-27(35)21-28(36)19-25)22-26-10-11-30(31(20-26)29-9-7-6-8-24(29)3)33(39)37-32(14-17-42-5)34(40)41-4/h6-11,18-21,23,32H,12-17,22H2,1-5H3,(H,37,39). The van der Waals surface area contributed by atoms with Gasteiger partial charge in [-0.15, -0.1) is 0 Å². The summed E-state index contributed by atoms with van der Waals surface area (Å²) in [6, 6.07) is 16.6. The van der Waals surface area contributed by atoms with Gasteiger partial charge >= 0.3 is 5.97 Å². The molecule has 0 spiro atoms. The molecule has 5 nitrogen and oxygen atoms in total. The van der Waals surface area contributed by atoms with E-state index in [0.717, 1.165) is 41.3 Å². The average molecular weight is 597 g/mol. The smallest absolute Gasteiger partial charge is 0.328 e. The quantitative estimate of drug-likeness (QED) is 0.191. The fraction of sp³-hybridized carbons (Fsp3) is 0.412. The van der Waals surface area contributed by atoms with Crippen LogP contribution in [-0.4, -0.2) is 55.0 Å². The zero-order valence-corrected chi connectivity index (χ0v) is 26.0. The molecule has 0 fully saturated rings. The van der Waals surface area contributed by atoms with Crippen molar-refractivity contribution in [3.05, 3.63) is 94.6 Å². The molecule has 0 aliphatic carbocycles. The Hall–Kier alpha value is -3.23. The lowest BCUT2D eigenvalue weighted by Crippen LogP contribution is -2.42. The maximum Gasteiger partial charge on any atom is 0.328 e. The Bertz CT molecular complexity index is 1330. The van der Waals surface area contributed by atoms with Crippen LogP contribution in [0.1, 0.15) is 53.7 Å². The van der Waals surface area contributed by atoms with Gasteiger partial charge in [-0.1, -0.05) is 44.2 Å². The predicted octanol–water partition coefficient (Wildman–Crippen LogP) is 7.06. The van der Waals surface area contributed by atoms with Gasteiger partial charge in [-0.05, 0) is 103 Å². The van der Waals surface area contributed by atoms with Crippen LogP contribution in [-0.2, 0) is 22.5 Å². The number of hydrogen-bond donors (Lipinski definition) is 1. The normalized spacial score (nSPS) is 12.0. The molecular weight excluding hydrogens is 554 g/mol. The molecule has 1 N–H and O–H groups in total. The highest BCUT2D eigenvalue weighted by molar-refractivity contribution is 7.98. The molecule has 0 saturated heterocycles. The monoisotopic (exact) mass is 596 g/mol. The second-order valence-corrected chi connectivity index (χ2v) is 12.0. The van der Waals surface area contributed by atoms with Crippen LogP contribution >= 0.6 is 11.8 Å². The molecule has 1 amide bonds. The number of carbonyl (C=O) groups is 2. The van der Waals surface area contributed by atoms with E-state index in [4.69, 9.17) is 4.74 Å². The molecule has 0 heterocycles. The Morgan fingerprint density at radius 3 is 2.29 bits per heavy atom. The van der Waals surface area contributed by atoms with E-state index >= 15 is 0 Å². The van der Waals surface area contributed by atoms with Crippen molar-refractivity contribution in [3.63, 3.8) is 0 Å². The third-order valence-electron chi connectivity index (χ3n) is 7.23. The third kappa shape index (κ3) is 9.95. The van der Waals surface area contributed by atoms with Crippen LogP contribution < -0.4 is 5.32 Å². The van der Waals surface area contributed by atoms with E-state index in [9.17, 15) is 18.4 Å². The number of aryl methyl sites for hydroxylation is 1. The number of carbonyl (C=O) groups excluding carboxylic acids is 2. The van der Waals surface area contributed by atoms with E-state index in [1.54, 1.807) is 11.8 Å². The number of ether oxygens (including phenoxy) is 1. The number of nitrogens with one attached hydrogen (secondary N) is 1. The van der Waals surface area contributed by atoms with Gasteiger partial charge in [0.2, 0.25) is 0 Å². The van der Waals surface area contributed by atoms with Gasteiger partial charge < -0.3 is 10.1 Å². The number of benzene rings is 3. The Morgan fingerprint density at radius 1 is 0.929 bits per heavy atom. The first-order chi connectivity index (χ1) is 20.1. The van der Waals surface area contributed by atoms with Gasteiger partial charge in [0.1, 0.15) is 17.7 Å². The van der Waals surface area contributed by atoms with Crippen LogP contribution in [0.2, 0.25) is 0 Å². The van der Waals surface area contributed by atoms with Gasteiger partial charge in [-0.3, -0.25) is 9.69 Å². The first kappa shape index (κ1) is 33.3. The number of methoxy groups -OCH3 is 1. The minimum atomic E-state index is -0.737. The highest BCUT2D eigenvalue weighted by Gasteiger charge is 2.24. The third-order valence-corrected chi connectivity index (χ3v) is 7.88. The number of thioether (sulfide) groups is 1. The summed E-state index contributed by atoms with van der Waals surface area (Å²) < 4.78 is 32.5. The fourth-order valence-corrected chi connectivity index (χ4v) is 5.33. The fourth-order valence-electron chi connectivity index (χ4n) is 4.86. The van der Waals surface area contributed by atoms with Crippen molar-refractivity contribution >= 4 is 23.6 Å². The van der Waals surface area contributed by atoms with Gasteiger partial charge in [-0.2, -0.15) is 11.8 Å². The number of hydrogen-bond acceptors (Lipinski definition) is 5. The van der Waals surface area contributed by atoms with Crippen LogP contribution in [0.3, 0.4) is 0 Å². The number of nitrogens with zero attached hydrogens (tertiary/aromatic N) is 1. The van der Waals surface area contributed by atoms with Gasteiger partial charge in [0.25, 0.3) is 5.91 Å². The number of esters is 1. The maximum atomic E-state index is 13.8. The summed E-state index contributed by atoms with van der Waals surface area (Å²) in [4.78, 5) is 28.2. The molecule has 0 radical (unpaired) electrons. The molecule has 8 heteroatoms. The Balaban J connectivity index is 1.92. The summed E-state index contributed by atoms with van der Waals surface area (Å²) in [5.41, 5.74) is 4.87. The highest BCUT2D eigenvalue weighted by atomic mass is 32.2. The molecule has 1 unspecified atom stereocenters. The maximum absolute atomic E-state index is 13.8. The van der Waals surface area contributed by atoms with E-state index in [-0.39, 0.29) is 5.91 Å². The van der Waals surface area contributed by atoms with Crippen LogP contribution in [0.5, 0.6) is 0 Å². The van der Waals surface area contributed by atoms with Gasteiger partial charge in [0, 0.05) is 24.7 Å². The lowest BCUT2D eigenvalue weighted by atomic mass is 9.93. The summed E-state index contributed by atoms with van der Waals surface area (Å²) in [6.07, 6.45) is 3.92. The Kier molecular flexibility index (Phi) is 13.0. The molecule has 0 aromatic heterocycles. The lowest BCUT2D eigenvalue weighted by molar-refractivity contribution is -0.142. The highest BCUT2D eigenvalue weighted by Crippen LogP contribution is 2.29. The largest absolute Gasteiger partial charge is 0.467 e. The number of halogens is 2. The molecule has 1 atom stereocenters. The van der Waals surface area contributed by atoms with E-state index in [2.05, 4.69) is 24.1 Å². The molecule has 0 aliphatic rings. The topological polar surface area (TPSA) is 58.6 Å². The van der Waals surface area contributed by atoms with Crippen molar-refractivity contribution in [3.8, 4) is 11.1 Å². The van der Waals surface area contributed by atoms with E-state index in [1.165, 1.54) is 19.2 Å². The Labute approximate surface area is 253 Å². The molecule has 3 aromatic carbocycles. The second-order valence-electron chi connectivity index (χ2n) is 11.0. The molecule has 0 saturated carbocycles. The molecule has 42 heavy (non-hydrogen) atoms. The van der Waals surface area contributed by atoms with Gasteiger partial charge in [-0.25, -0.2) is 13.6 Å². The van der Waals surface area contributed by atoms with E-state index in [0.29, 0.717) is 48.7 Å². The zero-order valence-electron chi connectivity index (χ0n) is 25.2. The number of rotatable bonds is 15. The van der Waals surface area contributed by atoms with Crippen LogP contribution in [0, 0.1) is 24.5 Å². The molecule has 226 valence electrons. The minimum Gasteiger partial charge on any atom is -0.467 e. The van der Waals surface area contributed by atoms with Crippen LogP contribution in [0.25, 0.3) is 11.1 Å². The van der Waals surface area contributed by atoms with Crippen molar-refractivity contribution < 1.29 is 23.1 Å². The van der Waals surface area contributed by atoms with Crippen molar-refractivity contribution in [1.29, 1.82) is 0 Å². The Morgan fingerprint density at radius 2 is 1.64 bits per heavy atom. The first-order valence-electron chi connectivity index (χ1n) is 14.3. The van der Waals surface area contributed by atoms with Crippen molar-refractivity contribution in [2.24, 2.45) is 5.92 Å². The molecule has 0 bridgehead atoms. The predicted molar refractivity (Wildman–Crippen MR) is 168 cm³/mol.